The molecule has 0 bridgehead atoms. The number of hydrogen-bond acceptors (Lipinski definition) is 1. The van der Waals surface area contributed by atoms with Crippen LogP contribution in [-0.4, -0.2) is 11.1 Å². The van der Waals surface area contributed by atoms with Crippen molar-refractivity contribution in [2.24, 2.45) is 46.3 Å². The fourth-order valence-corrected chi connectivity index (χ4v) is 9.57. The molecule has 0 radical (unpaired) electrons. The van der Waals surface area contributed by atoms with E-state index in [2.05, 4.69) is 20.8 Å². The highest BCUT2D eigenvalue weighted by molar-refractivity contribution is 5.66. The van der Waals surface area contributed by atoms with Gasteiger partial charge in [0.05, 0.1) is 0 Å². The Morgan fingerprint density at radius 3 is 2.43 bits per heavy atom. The average Bonchev–Trinajstić information content (AvgIpc) is 3.07. The summed E-state index contributed by atoms with van der Waals surface area (Å²) in [5.74, 6) is 5.22. The van der Waals surface area contributed by atoms with Crippen LogP contribution in [0.25, 0.3) is 0 Å². The Morgan fingerprint density at radius 2 is 1.63 bits per heavy atom. The topological polar surface area (TPSA) is 37.3 Å². The normalized spacial score (nSPS) is 44.0. The van der Waals surface area contributed by atoms with Gasteiger partial charge in [-0.15, -0.1) is 0 Å². The van der Waals surface area contributed by atoms with Crippen molar-refractivity contribution in [2.45, 2.75) is 124 Å². The summed E-state index contributed by atoms with van der Waals surface area (Å²) in [6.07, 6.45) is 21.2. The maximum absolute atomic E-state index is 10.7. The van der Waals surface area contributed by atoms with Gasteiger partial charge >= 0.3 is 5.97 Å². The SMILES string of the molecule is C[C@H](CCCCCCC(=O)O)[C@H]1CC[C@H]2[C@@H]3CCC4CCCC[C@]4(C)[C@H]3CC[C@]12C. The molecule has 172 valence electrons. The van der Waals surface area contributed by atoms with Crippen LogP contribution in [0.5, 0.6) is 0 Å². The van der Waals surface area contributed by atoms with Gasteiger partial charge in [0.25, 0.3) is 0 Å². The van der Waals surface area contributed by atoms with Crippen molar-refractivity contribution < 1.29 is 9.90 Å². The summed E-state index contributed by atoms with van der Waals surface area (Å²) in [6.45, 7) is 7.95. The van der Waals surface area contributed by atoms with Crippen LogP contribution in [-0.2, 0) is 4.79 Å². The molecule has 0 aromatic carbocycles. The predicted octanol–water partition coefficient (Wildman–Crippen LogP) is 8.10. The van der Waals surface area contributed by atoms with Crippen molar-refractivity contribution >= 4 is 5.97 Å². The van der Waals surface area contributed by atoms with E-state index >= 15 is 0 Å². The molecule has 4 aliphatic rings. The summed E-state index contributed by atoms with van der Waals surface area (Å²) >= 11 is 0. The van der Waals surface area contributed by atoms with Crippen LogP contribution in [0.2, 0.25) is 0 Å². The minimum atomic E-state index is -0.639. The number of carbonyl (C=O) groups is 1. The highest BCUT2D eigenvalue weighted by atomic mass is 16.4. The van der Waals surface area contributed by atoms with Crippen LogP contribution in [0.3, 0.4) is 0 Å². The zero-order valence-corrected chi connectivity index (χ0v) is 20.1. The van der Waals surface area contributed by atoms with Crippen molar-refractivity contribution in [3.8, 4) is 0 Å². The number of carboxylic acid groups (broad SMARTS) is 1. The zero-order valence-electron chi connectivity index (χ0n) is 20.1. The molecule has 0 aromatic rings. The molecule has 4 aliphatic carbocycles. The van der Waals surface area contributed by atoms with E-state index in [1.807, 2.05) is 0 Å². The maximum Gasteiger partial charge on any atom is 0.303 e. The Morgan fingerprint density at radius 1 is 0.867 bits per heavy atom. The molecule has 1 N–H and O–H groups in total. The van der Waals surface area contributed by atoms with Gasteiger partial charge in [-0.3, -0.25) is 4.79 Å². The van der Waals surface area contributed by atoms with E-state index < -0.39 is 5.97 Å². The monoisotopic (exact) mass is 416 g/mol. The largest absolute Gasteiger partial charge is 0.481 e. The van der Waals surface area contributed by atoms with Gasteiger partial charge in [-0.1, -0.05) is 59.3 Å². The quantitative estimate of drug-likeness (QED) is 0.406. The summed E-state index contributed by atoms with van der Waals surface area (Å²) in [6, 6.07) is 0. The number of aliphatic carboxylic acids is 1. The van der Waals surface area contributed by atoms with Gasteiger partial charge in [-0.2, -0.15) is 0 Å². The lowest BCUT2D eigenvalue weighted by atomic mass is 9.44. The molecule has 30 heavy (non-hydrogen) atoms. The third-order valence-electron chi connectivity index (χ3n) is 11.1. The fourth-order valence-electron chi connectivity index (χ4n) is 9.57. The lowest BCUT2D eigenvalue weighted by Gasteiger charge is -2.61. The van der Waals surface area contributed by atoms with Crippen LogP contribution in [0.1, 0.15) is 124 Å². The van der Waals surface area contributed by atoms with E-state index in [0.29, 0.717) is 17.3 Å². The third-order valence-corrected chi connectivity index (χ3v) is 11.1. The summed E-state index contributed by atoms with van der Waals surface area (Å²) in [5.41, 5.74) is 1.27. The van der Waals surface area contributed by atoms with E-state index in [4.69, 9.17) is 5.11 Å². The molecule has 0 aromatic heterocycles. The van der Waals surface area contributed by atoms with E-state index in [1.54, 1.807) is 0 Å². The van der Waals surface area contributed by atoms with Crippen molar-refractivity contribution in [2.75, 3.05) is 0 Å². The first-order valence-corrected chi connectivity index (χ1v) is 13.6. The van der Waals surface area contributed by atoms with Gasteiger partial charge in [0, 0.05) is 6.42 Å². The molecule has 0 heterocycles. The van der Waals surface area contributed by atoms with Gasteiger partial charge in [0.2, 0.25) is 0 Å². The molecule has 2 heteroatoms. The smallest absolute Gasteiger partial charge is 0.303 e. The van der Waals surface area contributed by atoms with Crippen LogP contribution >= 0.6 is 0 Å². The first-order valence-electron chi connectivity index (χ1n) is 13.6. The van der Waals surface area contributed by atoms with Gasteiger partial charge in [0.1, 0.15) is 0 Å². The minimum Gasteiger partial charge on any atom is -0.481 e. The highest BCUT2D eigenvalue weighted by Gasteiger charge is 2.59. The number of unbranched alkanes of at least 4 members (excludes halogenated alkanes) is 3. The Hall–Kier alpha value is -0.530. The average molecular weight is 417 g/mol. The summed E-state index contributed by atoms with van der Waals surface area (Å²) < 4.78 is 0. The number of carboxylic acids is 1. The predicted molar refractivity (Wildman–Crippen MR) is 124 cm³/mol. The second-order valence-corrected chi connectivity index (χ2v) is 12.5. The molecule has 1 unspecified atom stereocenters. The molecule has 0 saturated heterocycles. The standard InChI is InChI=1S/C28H48O2/c1-20(10-6-4-5-7-12-26(29)30)23-15-16-24-22-14-13-21-11-8-9-18-27(21,2)25(22)17-19-28(23,24)3/h20-25H,4-19H2,1-3H3,(H,29,30)/t20-,21?,22+,23-,24+,25+,27+,28-/m1/s1. The first kappa shape index (κ1) is 22.7. The molecule has 0 amide bonds. The van der Waals surface area contributed by atoms with Gasteiger partial charge < -0.3 is 5.11 Å². The molecular weight excluding hydrogens is 368 g/mol. The van der Waals surface area contributed by atoms with Crippen LogP contribution in [0, 0.1) is 46.3 Å². The van der Waals surface area contributed by atoms with E-state index in [-0.39, 0.29) is 0 Å². The zero-order chi connectivity index (χ0) is 21.4. The van der Waals surface area contributed by atoms with Crippen molar-refractivity contribution in [3.05, 3.63) is 0 Å². The van der Waals surface area contributed by atoms with Gasteiger partial charge in [-0.25, -0.2) is 0 Å². The molecule has 8 atom stereocenters. The number of hydrogen-bond donors (Lipinski definition) is 1. The Bertz CT molecular complexity index is 599. The lowest BCUT2D eigenvalue weighted by Crippen LogP contribution is -2.53. The second kappa shape index (κ2) is 9.14. The highest BCUT2D eigenvalue weighted by Crippen LogP contribution is 2.68. The number of fused-ring (bicyclic) bond motifs is 5. The molecule has 4 fully saturated rings. The second-order valence-electron chi connectivity index (χ2n) is 12.5. The number of rotatable bonds is 8. The van der Waals surface area contributed by atoms with Gasteiger partial charge in [-0.05, 0) is 104 Å². The van der Waals surface area contributed by atoms with E-state index in [9.17, 15) is 4.79 Å². The Kier molecular flexibility index (Phi) is 6.91. The minimum absolute atomic E-state index is 0.347. The molecule has 0 aliphatic heterocycles. The Labute approximate surface area is 186 Å². The van der Waals surface area contributed by atoms with E-state index in [0.717, 1.165) is 48.3 Å². The van der Waals surface area contributed by atoms with Crippen LogP contribution < -0.4 is 0 Å². The molecular formula is C28H48O2. The molecule has 4 rings (SSSR count). The van der Waals surface area contributed by atoms with Gasteiger partial charge in [0.15, 0.2) is 0 Å². The first-order chi connectivity index (χ1) is 14.4. The maximum atomic E-state index is 10.7. The summed E-state index contributed by atoms with van der Waals surface area (Å²) in [4.78, 5) is 10.7. The van der Waals surface area contributed by atoms with E-state index in [1.165, 1.54) is 83.5 Å². The van der Waals surface area contributed by atoms with Crippen molar-refractivity contribution in [1.29, 1.82) is 0 Å². The van der Waals surface area contributed by atoms with Crippen molar-refractivity contribution in [1.82, 2.24) is 0 Å². The third kappa shape index (κ3) is 4.11. The fraction of sp³-hybridized carbons (Fsp3) is 0.964. The van der Waals surface area contributed by atoms with Crippen LogP contribution in [0.4, 0.5) is 0 Å². The summed E-state index contributed by atoms with van der Waals surface area (Å²) in [5, 5.41) is 8.80. The molecule has 2 nitrogen and oxygen atoms in total. The van der Waals surface area contributed by atoms with Crippen molar-refractivity contribution in [3.63, 3.8) is 0 Å². The Balaban J connectivity index is 1.34. The molecule has 4 saturated carbocycles. The summed E-state index contributed by atoms with van der Waals surface area (Å²) in [7, 11) is 0. The molecule has 0 spiro atoms. The van der Waals surface area contributed by atoms with Crippen LogP contribution in [0.15, 0.2) is 0 Å². The lowest BCUT2D eigenvalue weighted by molar-refractivity contribution is -0.137.